The highest BCUT2D eigenvalue weighted by atomic mass is 32.2. The normalized spacial score (nSPS) is 33.3. The van der Waals surface area contributed by atoms with E-state index in [1.54, 1.807) is 0 Å². The van der Waals surface area contributed by atoms with Crippen molar-refractivity contribution in [3.8, 4) is 0 Å². The van der Waals surface area contributed by atoms with Crippen LogP contribution in [0.2, 0.25) is 0 Å². The summed E-state index contributed by atoms with van der Waals surface area (Å²) in [6.45, 7) is 29.3. The van der Waals surface area contributed by atoms with Crippen LogP contribution in [0.5, 0.6) is 0 Å². The third-order valence-corrected chi connectivity index (χ3v) is 18.0. The van der Waals surface area contributed by atoms with E-state index in [4.69, 9.17) is 27.9 Å². The third-order valence-electron chi connectivity index (χ3n) is 17.0. The van der Waals surface area contributed by atoms with Crippen molar-refractivity contribution in [1.82, 2.24) is 0 Å². The molecule has 0 N–H and O–H groups in total. The quantitative estimate of drug-likeness (QED) is 0.134. The third kappa shape index (κ3) is 12.6. The van der Waals surface area contributed by atoms with Gasteiger partial charge in [0.05, 0.1) is 33.6 Å². The van der Waals surface area contributed by atoms with Crippen LogP contribution in [0, 0.1) is 35.5 Å². The molecular formula is C47H82B3F3O9S. The number of halogens is 3. The average molecular weight is 913 g/mol. The van der Waals surface area contributed by atoms with Gasteiger partial charge in [-0.3, -0.25) is 0 Å². The molecule has 360 valence electrons. The topological polar surface area (TPSA) is 98.8 Å². The lowest BCUT2D eigenvalue weighted by Gasteiger charge is -2.35. The van der Waals surface area contributed by atoms with Gasteiger partial charge < -0.3 is 32.1 Å². The number of rotatable bonds is 8. The molecule has 3 saturated heterocycles. The maximum absolute atomic E-state index is 12.3. The monoisotopic (exact) mass is 913 g/mol. The molecule has 3 heterocycles. The Morgan fingerprint density at radius 1 is 0.540 bits per heavy atom. The lowest BCUT2D eigenvalue weighted by Crippen LogP contribution is -2.41. The van der Waals surface area contributed by atoms with E-state index in [0.717, 1.165) is 30.1 Å². The Labute approximate surface area is 381 Å². The van der Waals surface area contributed by atoms with Crippen LogP contribution in [-0.2, 0) is 42.2 Å². The summed E-state index contributed by atoms with van der Waals surface area (Å²) in [5.41, 5.74) is -5.84. The van der Waals surface area contributed by atoms with Gasteiger partial charge in [-0.05, 0) is 188 Å². The van der Waals surface area contributed by atoms with E-state index >= 15 is 0 Å². The van der Waals surface area contributed by atoms with Crippen molar-refractivity contribution in [2.24, 2.45) is 35.5 Å². The predicted octanol–water partition coefficient (Wildman–Crippen LogP) is 12.6. The van der Waals surface area contributed by atoms with Gasteiger partial charge in [-0.25, -0.2) is 0 Å². The van der Waals surface area contributed by atoms with Crippen LogP contribution in [0.3, 0.4) is 0 Å². The molecule has 0 radical (unpaired) electrons. The van der Waals surface area contributed by atoms with Gasteiger partial charge in [-0.1, -0.05) is 58.4 Å². The van der Waals surface area contributed by atoms with E-state index in [0.29, 0.717) is 24.7 Å². The van der Waals surface area contributed by atoms with Crippen molar-refractivity contribution in [3.05, 3.63) is 23.4 Å². The molecule has 4 aliphatic carbocycles. The maximum Gasteiger partial charge on any atom is 0.534 e. The second kappa shape index (κ2) is 19.9. The molecule has 9 nitrogen and oxygen atoms in total. The van der Waals surface area contributed by atoms with Gasteiger partial charge in [0.25, 0.3) is 0 Å². The molecule has 0 bridgehead atoms. The molecule has 0 spiro atoms. The Bertz CT molecular complexity index is 1620. The highest BCUT2D eigenvalue weighted by Crippen LogP contribution is 2.46. The number of hydrogen-bond acceptors (Lipinski definition) is 9. The average Bonchev–Trinajstić information content (AvgIpc) is 3.67. The molecule has 2 saturated carbocycles. The van der Waals surface area contributed by atoms with Gasteiger partial charge in [0, 0.05) is 6.42 Å². The zero-order valence-corrected chi connectivity index (χ0v) is 42.2. The van der Waals surface area contributed by atoms with Gasteiger partial charge in [0.1, 0.15) is 5.76 Å². The highest BCUT2D eigenvalue weighted by molar-refractivity contribution is 7.87. The molecule has 2 unspecified atom stereocenters. The van der Waals surface area contributed by atoms with Crippen LogP contribution < -0.4 is 0 Å². The maximum atomic E-state index is 12.3. The minimum atomic E-state index is -5.52. The van der Waals surface area contributed by atoms with Crippen LogP contribution in [-0.4, -0.2) is 68.7 Å². The Kier molecular flexibility index (Phi) is 16.7. The lowest BCUT2D eigenvalue weighted by molar-refractivity contribution is -0.0525. The Morgan fingerprint density at radius 3 is 1.19 bits per heavy atom. The fraction of sp³-hybridized carbons (Fsp3) is 0.915. The van der Waals surface area contributed by atoms with E-state index < -0.39 is 29.6 Å². The first-order chi connectivity index (χ1) is 28.9. The second-order valence-electron chi connectivity index (χ2n) is 22.7. The molecular weight excluding hydrogens is 830 g/mol. The standard InChI is InChI=1S/C20H35BO2.C15H23F3O3S.C12H24B2O4/c1-6-15-7-9-16(10-8-15)17-11-13-18(14-12-17)21-22-19(2,3)20(4,5)23-21;1-2-11-3-5-12(6-4-11)13-7-9-14(10-8-13)21-22(19,20)15(16,17)18;1-9(2)10(3,4)16-13(15-9)14-17-11(5,6)12(7,8)18-14/h13,15-17H,6-12,14H2,1-5H3;9,11-13H,2-8,10H2,1H3;1-8H3. The summed E-state index contributed by atoms with van der Waals surface area (Å²) < 4.78 is 99.3. The van der Waals surface area contributed by atoms with Crippen LogP contribution in [0.25, 0.3) is 0 Å². The predicted molar refractivity (Wildman–Crippen MR) is 247 cm³/mol. The van der Waals surface area contributed by atoms with Crippen molar-refractivity contribution in [3.63, 3.8) is 0 Å². The van der Waals surface area contributed by atoms with Gasteiger partial charge >= 0.3 is 36.8 Å². The summed E-state index contributed by atoms with van der Waals surface area (Å²) >= 11 is 0. The second-order valence-corrected chi connectivity index (χ2v) is 24.3. The fourth-order valence-corrected chi connectivity index (χ4v) is 10.7. The van der Waals surface area contributed by atoms with Crippen molar-refractivity contribution in [2.45, 2.75) is 239 Å². The smallest absolute Gasteiger partial charge is 0.405 e. The number of hydrogen-bond donors (Lipinski definition) is 0. The molecule has 0 aromatic carbocycles. The number of allylic oxidation sites excluding steroid dienone is 4. The zero-order valence-electron chi connectivity index (χ0n) is 41.4. The highest BCUT2D eigenvalue weighted by Gasteiger charge is 2.64. The first-order valence-electron chi connectivity index (χ1n) is 24.4. The van der Waals surface area contributed by atoms with Crippen molar-refractivity contribution in [1.29, 1.82) is 0 Å². The van der Waals surface area contributed by atoms with Gasteiger partial charge in [-0.2, -0.15) is 21.6 Å². The fourth-order valence-electron chi connectivity index (χ4n) is 10.2. The van der Waals surface area contributed by atoms with E-state index in [2.05, 4.69) is 51.8 Å². The summed E-state index contributed by atoms with van der Waals surface area (Å²) in [5.74, 6) is 4.68. The van der Waals surface area contributed by atoms with E-state index in [1.165, 1.54) is 88.6 Å². The van der Waals surface area contributed by atoms with Crippen molar-refractivity contribution in [2.75, 3.05) is 0 Å². The van der Waals surface area contributed by atoms with Gasteiger partial charge in [0.2, 0.25) is 0 Å². The van der Waals surface area contributed by atoms with Gasteiger partial charge in [0.15, 0.2) is 0 Å². The number of alkyl halides is 3. The molecule has 7 rings (SSSR count). The largest absolute Gasteiger partial charge is 0.534 e. The first kappa shape index (κ1) is 52.9. The summed E-state index contributed by atoms with van der Waals surface area (Å²) in [6.07, 6.45) is 22.6. The first-order valence-corrected chi connectivity index (χ1v) is 25.8. The minimum absolute atomic E-state index is 0.0594. The Morgan fingerprint density at radius 2 is 0.889 bits per heavy atom. The van der Waals surface area contributed by atoms with Crippen molar-refractivity contribution >= 4 is 31.3 Å². The van der Waals surface area contributed by atoms with E-state index in [-0.39, 0.29) is 52.9 Å². The lowest BCUT2D eigenvalue weighted by atomic mass is 9.49. The summed E-state index contributed by atoms with van der Waals surface area (Å²) in [4.78, 5) is 0. The molecule has 0 aromatic heterocycles. The van der Waals surface area contributed by atoms with E-state index in [1.807, 2.05) is 55.4 Å². The zero-order chi connectivity index (χ0) is 47.0. The van der Waals surface area contributed by atoms with Crippen molar-refractivity contribution < 1.29 is 53.7 Å². The molecule has 3 aliphatic heterocycles. The molecule has 16 heteroatoms. The van der Waals surface area contributed by atoms with Crippen LogP contribution in [0.15, 0.2) is 23.4 Å². The molecule has 2 atom stereocenters. The van der Waals surface area contributed by atoms with Crippen LogP contribution in [0.4, 0.5) is 13.2 Å². The molecule has 0 amide bonds. The van der Waals surface area contributed by atoms with Crippen LogP contribution in [0.1, 0.15) is 200 Å². The Balaban J connectivity index is 0.000000180. The molecule has 7 aliphatic rings. The molecule has 5 fully saturated rings. The summed E-state index contributed by atoms with van der Waals surface area (Å²) in [6, 6.07) is 0. The Hall–Kier alpha value is -1.03. The van der Waals surface area contributed by atoms with Gasteiger partial charge in [-0.15, -0.1) is 0 Å². The molecule has 63 heavy (non-hydrogen) atoms. The van der Waals surface area contributed by atoms with E-state index in [9.17, 15) is 21.6 Å². The minimum Gasteiger partial charge on any atom is -0.405 e. The SMILES string of the molecule is CC1(C)OB(B2OC(C)(C)C(C)(C)O2)OC1(C)C.CCC1CCC(C2CC=C(B3OC(C)(C)C(C)(C)O3)CC2)CC1.CCC1CCC(C2CC=C(OS(=O)(=O)C(F)(F)F)CC2)CC1. The summed E-state index contributed by atoms with van der Waals surface area (Å²) in [5, 5.41) is 0. The van der Waals surface area contributed by atoms with Crippen LogP contribution >= 0.6 is 0 Å². The summed E-state index contributed by atoms with van der Waals surface area (Å²) in [7, 11) is -6.58. The molecule has 0 aromatic rings.